The van der Waals surface area contributed by atoms with Crippen LogP contribution in [0.4, 0.5) is 0 Å². The first-order valence-corrected chi connectivity index (χ1v) is 30.7. The van der Waals surface area contributed by atoms with Crippen molar-refractivity contribution in [2.24, 2.45) is 0 Å². The van der Waals surface area contributed by atoms with E-state index in [4.69, 9.17) is 37.9 Å². The largest absolute Gasteiger partial charge is 0.378 e. The normalized spacial score (nSPS) is 15.4. The summed E-state index contributed by atoms with van der Waals surface area (Å²) >= 11 is 0. The molecule has 2 aliphatic rings. The van der Waals surface area contributed by atoms with Crippen LogP contribution in [0.15, 0.2) is 67.1 Å². The Bertz CT molecular complexity index is 2440. The van der Waals surface area contributed by atoms with Crippen LogP contribution in [-0.4, -0.2) is 208 Å². The molecule has 2 aliphatic heterocycles. The molecule has 5 aromatic rings. The molecule has 2 aromatic carbocycles. The van der Waals surface area contributed by atoms with E-state index < -0.39 is 9.52 Å². The van der Waals surface area contributed by atoms with E-state index >= 15 is 0 Å². The number of benzene rings is 2. The average molecular weight is 1150 g/mol. The Labute approximate surface area is 484 Å². The Hall–Kier alpha value is -4.60. The van der Waals surface area contributed by atoms with Crippen molar-refractivity contribution in [2.45, 2.75) is 132 Å². The highest BCUT2D eigenvalue weighted by Crippen LogP contribution is 2.18. The maximum absolute atomic E-state index is 11.9. The van der Waals surface area contributed by atoms with Crippen molar-refractivity contribution in [3.05, 3.63) is 89.6 Å². The van der Waals surface area contributed by atoms with E-state index in [2.05, 4.69) is 155 Å². The molecule has 0 amide bonds. The smallest absolute Gasteiger partial charge is 0.158 e. The predicted octanol–water partition coefficient (Wildman–Crippen LogP) is 5.60. The van der Waals surface area contributed by atoms with Crippen LogP contribution in [0.1, 0.15) is 90.7 Å². The Morgan fingerprint density at radius 2 is 1.16 bits per heavy atom. The van der Waals surface area contributed by atoms with E-state index in [0.29, 0.717) is 129 Å². The molecule has 1 atom stereocenters. The summed E-state index contributed by atoms with van der Waals surface area (Å²) < 4.78 is 61.6. The average Bonchev–Trinajstić information content (AvgIpc) is 4.37. The lowest BCUT2D eigenvalue weighted by Crippen LogP contribution is -2.39. The molecule has 81 heavy (non-hydrogen) atoms. The number of aromatic nitrogens is 9. The van der Waals surface area contributed by atoms with Gasteiger partial charge in [-0.2, -0.15) is 0 Å². The third-order valence-corrected chi connectivity index (χ3v) is 14.3. The van der Waals surface area contributed by atoms with Gasteiger partial charge in [0, 0.05) is 87.3 Å². The fourth-order valence-corrected chi connectivity index (χ4v) is 9.20. The lowest BCUT2D eigenvalue weighted by atomic mass is 10.1. The van der Waals surface area contributed by atoms with Gasteiger partial charge < -0.3 is 53.8 Å². The topological polar surface area (TPSA) is 222 Å². The summed E-state index contributed by atoms with van der Waals surface area (Å²) in [6.45, 7) is 29.5. The third kappa shape index (κ3) is 31.0. The lowest BCUT2D eigenvalue weighted by Gasteiger charge is -2.27. The standard InChI is InChI=1S/C20H32N4O3.C19H37N5O4S.C18H26N4O2.CH4/c1-17(2)21-8-10-25-12-14-27-15-13-26-11-9-24-16-20(22-23-24)19-6-4-18(3)5-7-19;1-18(2)20-4-8-26-10-12-28-13-11-27-9-5-24-17-19(21-22-24)16-23-6-14-29(3,25)15-7-23;1-14(2)19-11-15-6-8-17(9-7-15)22-12-16(20-21-22)13-24-18-5-3-4-10-23-18;/h4-7,16-17,21H,8-15H2,1-3H3;17-18,20H,3-16H2,1-2H3;6-9,12,14,18-19H,3-5,10-11,13H2,1-2H3;1H4. The fourth-order valence-electron chi connectivity index (χ4n) is 7.82. The third-order valence-electron chi connectivity index (χ3n) is 12.4. The molecular weight excluding hydrogens is 1050 g/mol. The van der Waals surface area contributed by atoms with E-state index in [1.54, 1.807) is 14.0 Å². The summed E-state index contributed by atoms with van der Waals surface area (Å²) in [5.41, 5.74) is 7.17. The minimum absolute atomic E-state index is 0. The van der Waals surface area contributed by atoms with Crippen molar-refractivity contribution in [2.75, 3.05) is 124 Å². The minimum atomic E-state index is -1.85. The van der Waals surface area contributed by atoms with Crippen molar-refractivity contribution in [1.29, 1.82) is 0 Å². The SMILES string of the molecule is C.C=S1(=O)CCN(Cc2cn(CCOCCOCCOCCNC(C)C)nn2)CC1.CC(C)NCc1ccc(-n2cc(COC3CCCCO3)nn2)cc1.Cc1ccc(-c2cn(CCOCCOCCOCCNC(C)C)nn2)cc1. The minimum Gasteiger partial charge on any atom is -0.378 e. The van der Waals surface area contributed by atoms with Gasteiger partial charge in [-0.1, -0.05) is 107 Å². The molecule has 3 N–H and O–H groups in total. The van der Waals surface area contributed by atoms with E-state index in [0.717, 1.165) is 93.5 Å². The number of ether oxygens (including phenoxy) is 8. The molecule has 0 radical (unpaired) electrons. The van der Waals surface area contributed by atoms with Crippen LogP contribution >= 0.6 is 0 Å². The molecule has 5 heterocycles. The summed E-state index contributed by atoms with van der Waals surface area (Å²) in [7, 11) is -1.85. The fraction of sp³-hybridized carbons (Fsp3) is 0.672. The Kier molecular flexibility index (Phi) is 34.5. The molecular formula is C58H99N13O9S. The Morgan fingerprint density at radius 3 is 1.72 bits per heavy atom. The molecule has 0 bridgehead atoms. The van der Waals surface area contributed by atoms with Crippen LogP contribution in [0.3, 0.4) is 0 Å². The number of nitrogens with one attached hydrogen (secondary N) is 3. The first-order chi connectivity index (χ1) is 38.8. The van der Waals surface area contributed by atoms with Crippen molar-refractivity contribution < 1.29 is 42.1 Å². The van der Waals surface area contributed by atoms with Gasteiger partial charge in [-0.3, -0.25) is 9.11 Å². The molecule has 2 saturated heterocycles. The van der Waals surface area contributed by atoms with Crippen molar-refractivity contribution in [3.8, 4) is 16.9 Å². The van der Waals surface area contributed by atoms with Crippen LogP contribution in [0.25, 0.3) is 16.9 Å². The maximum atomic E-state index is 11.9. The van der Waals surface area contributed by atoms with Crippen LogP contribution in [0, 0.1) is 6.92 Å². The number of nitrogens with zero attached hydrogens (tertiary/aromatic N) is 10. The van der Waals surface area contributed by atoms with Gasteiger partial charge in [0.2, 0.25) is 0 Å². The van der Waals surface area contributed by atoms with Crippen molar-refractivity contribution >= 4 is 15.4 Å². The van der Waals surface area contributed by atoms with E-state index in [9.17, 15) is 4.21 Å². The van der Waals surface area contributed by atoms with Crippen molar-refractivity contribution in [3.63, 3.8) is 0 Å². The molecule has 0 aliphatic carbocycles. The molecule has 22 nitrogen and oxygen atoms in total. The van der Waals surface area contributed by atoms with E-state index in [1.165, 1.54) is 11.1 Å². The maximum Gasteiger partial charge on any atom is 0.158 e. The van der Waals surface area contributed by atoms with Gasteiger partial charge in [0.05, 0.1) is 123 Å². The number of hydrogen-bond acceptors (Lipinski definition) is 19. The molecule has 3 aromatic heterocycles. The highest BCUT2D eigenvalue weighted by Gasteiger charge is 2.19. The van der Waals surface area contributed by atoms with Gasteiger partial charge in [0.15, 0.2) is 6.29 Å². The summed E-state index contributed by atoms with van der Waals surface area (Å²) in [6.07, 6.45) is 8.94. The van der Waals surface area contributed by atoms with Gasteiger partial charge in [0.25, 0.3) is 0 Å². The van der Waals surface area contributed by atoms with Crippen LogP contribution in [0.2, 0.25) is 0 Å². The highest BCUT2D eigenvalue weighted by atomic mass is 32.2. The van der Waals surface area contributed by atoms with E-state index in [-0.39, 0.29) is 13.7 Å². The van der Waals surface area contributed by atoms with Gasteiger partial charge in [-0.15, -0.1) is 15.3 Å². The molecule has 0 saturated carbocycles. The molecule has 7 rings (SSSR count). The highest BCUT2D eigenvalue weighted by molar-refractivity contribution is 8.00. The zero-order valence-corrected chi connectivity index (χ0v) is 49.8. The first kappa shape index (κ1) is 68.9. The zero-order valence-electron chi connectivity index (χ0n) is 49.0. The van der Waals surface area contributed by atoms with Crippen molar-refractivity contribution in [1.82, 2.24) is 65.8 Å². The van der Waals surface area contributed by atoms with Gasteiger partial charge in [0.1, 0.15) is 11.4 Å². The second-order valence-corrected chi connectivity index (χ2v) is 23.5. The number of hydrogen-bond donors (Lipinski definition) is 3. The quantitative estimate of drug-likeness (QED) is 0.0328. The van der Waals surface area contributed by atoms with Gasteiger partial charge in [-0.25, -0.2) is 14.0 Å². The second kappa shape index (κ2) is 40.6. The zero-order chi connectivity index (χ0) is 57.1. The molecule has 23 heteroatoms. The molecule has 456 valence electrons. The Balaban J connectivity index is 0.000000261. The lowest BCUT2D eigenvalue weighted by molar-refractivity contribution is -0.169. The van der Waals surface area contributed by atoms with E-state index in [1.807, 2.05) is 18.6 Å². The monoisotopic (exact) mass is 1150 g/mol. The van der Waals surface area contributed by atoms with Crippen LogP contribution < -0.4 is 16.0 Å². The number of aryl methyl sites for hydroxylation is 1. The molecule has 0 spiro atoms. The van der Waals surface area contributed by atoms with Crippen LogP contribution in [0.5, 0.6) is 0 Å². The first-order valence-electron chi connectivity index (χ1n) is 28.6. The summed E-state index contributed by atoms with van der Waals surface area (Å²) in [6, 6.07) is 18.1. The summed E-state index contributed by atoms with van der Waals surface area (Å²) in [5, 5.41) is 35.1. The Morgan fingerprint density at radius 1 is 0.630 bits per heavy atom. The predicted molar refractivity (Wildman–Crippen MR) is 320 cm³/mol. The summed E-state index contributed by atoms with van der Waals surface area (Å²) in [5.74, 6) is 5.13. The van der Waals surface area contributed by atoms with Crippen LogP contribution in [-0.2, 0) is 80.2 Å². The number of rotatable bonds is 36. The molecule has 2 fully saturated rings. The summed E-state index contributed by atoms with van der Waals surface area (Å²) in [4.78, 5) is 2.25. The van der Waals surface area contributed by atoms with Gasteiger partial charge >= 0.3 is 0 Å². The second-order valence-electron chi connectivity index (χ2n) is 20.7. The van der Waals surface area contributed by atoms with Gasteiger partial charge in [-0.05, 0) is 59.3 Å². The molecule has 1 unspecified atom stereocenters.